The fraction of sp³-hybridized carbons (Fsp3) is 0.267. The number of rotatable bonds is 4. The van der Waals surface area contributed by atoms with Crippen molar-refractivity contribution in [3.05, 3.63) is 22.9 Å². The molecule has 4 rings (SSSR count). The van der Waals surface area contributed by atoms with Gasteiger partial charge in [0.1, 0.15) is 28.6 Å². The van der Waals surface area contributed by atoms with Crippen LogP contribution in [0, 0.1) is 0 Å². The number of nitrogen functional groups attached to an aromatic ring is 1. The van der Waals surface area contributed by atoms with Crippen LogP contribution in [0.2, 0.25) is 0 Å². The van der Waals surface area contributed by atoms with E-state index < -0.39 is 23.3 Å². The van der Waals surface area contributed by atoms with Gasteiger partial charge in [-0.3, -0.25) is 14.5 Å². The van der Waals surface area contributed by atoms with Crippen molar-refractivity contribution in [3.63, 3.8) is 0 Å². The van der Waals surface area contributed by atoms with Gasteiger partial charge in [-0.25, -0.2) is 14.8 Å². The first-order valence-corrected chi connectivity index (χ1v) is 9.70. The Balaban J connectivity index is 1.66. The van der Waals surface area contributed by atoms with Crippen molar-refractivity contribution >= 4 is 58.2 Å². The van der Waals surface area contributed by atoms with Gasteiger partial charge in [-0.2, -0.15) is 0 Å². The van der Waals surface area contributed by atoms with Gasteiger partial charge in [0, 0.05) is 23.8 Å². The number of aliphatic carboxylic acids is 1. The highest BCUT2D eigenvalue weighted by molar-refractivity contribution is 8.06. The third-order valence-corrected chi connectivity index (χ3v) is 6.55. The van der Waals surface area contributed by atoms with Crippen molar-refractivity contribution in [1.82, 2.24) is 25.2 Å². The van der Waals surface area contributed by atoms with Crippen molar-refractivity contribution < 1.29 is 19.5 Å². The number of amides is 2. The van der Waals surface area contributed by atoms with E-state index in [1.807, 2.05) is 0 Å². The fourth-order valence-electron chi connectivity index (χ4n) is 2.99. The molecule has 140 valence electrons. The molecule has 0 radical (unpaired) electrons. The number of nitrogens with two attached hydrogens (primary N) is 1. The Bertz CT molecular complexity index is 1020. The molecular weight excluding hydrogens is 392 g/mol. The summed E-state index contributed by atoms with van der Waals surface area (Å²) in [5, 5.41) is 12.8. The molecular formula is C15H14N6O4S2. The lowest BCUT2D eigenvalue weighted by Crippen LogP contribution is -2.70. The molecule has 0 bridgehead atoms. The molecule has 2 aromatic rings. The lowest BCUT2D eigenvalue weighted by molar-refractivity contribution is -0.150. The van der Waals surface area contributed by atoms with Crippen LogP contribution in [0.5, 0.6) is 0 Å². The maximum Gasteiger partial charge on any atom is 0.353 e. The van der Waals surface area contributed by atoms with Gasteiger partial charge in [0.2, 0.25) is 5.91 Å². The number of nitrogens with one attached hydrogen (secondary N) is 2. The maximum absolute atomic E-state index is 12.4. The van der Waals surface area contributed by atoms with E-state index in [9.17, 15) is 19.5 Å². The third-order valence-electron chi connectivity index (χ3n) is 4.13. The zero-order valence-corrected chi connectivity index (χ0v) is 15.6. The van der Waals surface area contributed by atoms with Crippen LogP contribution in [-0.4, -0.2) is 59.9 Å². The largest absolute Gasteiger partial charge is 0.477 e. The van der Waals surface area contributed by atoms with Crippen molar-refractivity contribution in [2.24, 2.45) is 0 Å². The summed E-state index contributed by atoms with van der Waals surface area (Å²) in [6.45, 7) is 1.32. The van der Waals surface area contributed by atoms with Crippen molar-refractivity contribution in [2.75, 3.05) is 11.5 Å². The molecule has 2 atom stereocenters. The number of β-lactam (4-membered cyclic amide) rings is 1. The Labute approximate surface area is 161 Å². The molecule has 0 spiro atoms. The molecule has 12 heteroatoms. The van der Waals surface area contributed by atoms with E-state index in [4.69, 9.17) is 5.73 Å². The van der Waals surface area contributed by atoms with Crippen molar-refractivity contribution in [2.45, 2.75) is 23.5 Å². The molecule has 1 saturated heterocycles. The van der Waals surface area contributed by atoms with Gasteiger partial charge in [-0.15, -0.1) is 11.8 Å². The number of fused-ring (bicyclic) bond motifs is 2. The van der Waals surface area contributed by atoms with Gasteiger partial charge in [-0.1, -0.05) is 11.8 Å². The van der Waals surface area contributed by atoms with Crippen LogP contribution >= 0.6 is 23.5 Å². The summed E-state index contributed by atoms with van der Waals surface area (Å²) in [5.74, 6) is -1.36. The standard InChI is InChI=1S/C15H14N6O4S2/c1-5(22)18-8-12(23)21-9(14(24)25)7(4-26-13(8)21)27-15-19-10(16)6-2-3-17-11(6)20-15/h2-3,8,13H,4H2,1H3,(H,18,22)(H,24,25)(H3,16,17,19,20)/t8?,13-/m1/s1. The van der Waals surface area contributed by atoms with Gasteiger partial charge in [0.15, 0.2) is 5.16 Å². The molecule has 4 heterocycles. The minimum atomic E-state index is -1.22. The molecule has 10 nitrogen and oxygen atoms in total. The van der Waals surface area contributed by atoms with E-state index >= 15 is 0 Å². The summed E-state index contributed by atoms with van der Waals surface area (Å²) < 4.78 is 0. The Morgan fingerprint density at radius 1 is 1.48 bits per heavy atom. The number of nitrogens with zero attached hydrogens (tertiary/aromatic N) is 3. The van der Waals surface area contributed by atoms with E-state index in [0.29, 0.717) is 26.8 Å². The SMILES string of the molecule is CC(=O)NC1C(=O)N2C(C(=O)O)=C(Sc3nc(N)c4cc[nH]c4n3)CS[C@H]12. The average molecular weight is 406 g/mol. The normalized spacial score (nSPS) is 21.8. The highest BCUT2D eigenvalue weighted by Crippen LogP contribution is 2.44. The fourth-order valence-corrected chi connectivity index (χ4v) is 5.41. The molecule has 0 aliphatic carbocycles. The first kappa shape index (κ1) is 17.7. The van der Waals surface area contributed by atoms with Crippen LogP contribution in [0.3, 0.4) is 0 Å². The quantitative estimate of drug-likeness (QED) is 0.416. The summed E-state index contributed by atoms with van der Waals surface area (Å²) in [7, 11) is 0. The van der Waals surface area contributed by atoms with E-state index in [2.05, 4.69) is 20.3 Å². The molecule has 1 unspecified atom stereocenters. The predicted molar refractivity (Wildman–Crippen MR) is 99.5 cm³/mol. The predicted octanol–water partition coefficient (Wildman–Crippen LogP) is 0.348. The van der Waals surface area contributed by atoms with E-state index in [0.717, 1.165) is 11.8 Å². The average Bonchev–Trinajstić information content (AvgIpc) is 3.08. The van der Waals surface area contributed by atoms with E-state index in [1.165, 1.54) is 23.6 Å². The van der Waals surface area contributed by atoms with Crippen LogP contribution in [0.25, 0.3) is 11.0 Å². The van der Waals surface area contributed by atoms with E-state index in [-0.39, 0.29) is 17.4 Å². The van der Waals surface area contributed by atoms with Crippen molar-refractivity contribution in [3.8, 4) is 0 Å². The molecule has 27 heavy (non-hydrogen) atoms. The number of anilines is 1. The summed E-state index contributed by atoms with van der Waals surface area (Å²) in [6.07, 6.45) is 1.69. The second-order valence-electron chi connectivity index (χ2n) is 5.90. The molecule has 2 aliphatic rings. The zero-order chi connectivity index (χ0) is 19.3. The highest BCUT2D eigenvalue weighted by Gasteiger charge is 2.54. The smallest absolute Gasteiger partial charge is 0.353 e. The van der Waals surface area contributed by atoms with Crippen LogP contribution in [0.15, 0.2) is 28.0 Å². The highest BCUT2D eigenvalue weighted by atomic mass is 32.2. The van der Waals surface area contributed by atoms with Gasteiger partial charge in [0.05, 0.1) is 5.39 Å². The van der Waals surface area contributed by atoms with Crippen LogP contribution in [0.4, 0.5) is 5.82 Å². The minimum Gasteiger partial charge on any atom is -0.477 e. The summed E-state index contributed by atoms with van der Waals surface area (Å²) in [6, 6.07) is 1.04. The number of thioether (sulfide) groups is 2. The molecule has 5 N–H and O–H groups in total. The summed E-state index contributed by atoms with van der Waals surface area (Å²) in [4.78, 5) is 48.6. The van der Waals surface area contributed by atoms with Crippen LogP contribution in [0.1, 0.15) is 6.92 Å². The number of carboxylic acid groups (broad SMARTS) is 1. The van der Waals surface area contributed by atoms with Crippen LogP contribution in [-0.2, 0) is 14.4 Å². The minimum absolute atomic E-state index is 0.107. The molecule has 1 fully saturated rings. The Kier molecular flexibility index (Phi) is 4.23. The number of hydrogen-bond acceptors (Lipinski definition) is 8. The molecule has 2 amide bonds. The second-order valence-corrected chi connectivity index (χ2v) is 8.07. The number of carboxylic acids is 1. The van der Waals surface area contributed by atoms with Crippen molar-refractivity contribution in [1.29, 1.82) is 0 Å². The van der Waals surface area contributed by atoms with Gasteiger partial charge in [0.25, 0.3) is 5.91 Å². The molecule has 2 aliphatic heterocycles. The lowest BCUT2D eigenvalue weighted by atomic mass is 10.1. The zero-order valence-electron chi connectivity index (χ0n) is 13.9. The molecule has 0 saturated carbocycles. The summed E-state index contributed by atoms with van der Waals surface area (Å²) >= 11 is 2.44. The van der Waals surface area contributed by atoms with Gasteiger partial charge in [-0.05, 0) is 6.07 Å². The Morgan fingerprint density at radius 3 is 2.96 bits per heavy atom. The number of carbonyl (C=O) groups excluding carboxylic acids is 2. The number of aromatic nitrogens is 3. The van der Waals surface area contributed by atoms with Gasteiger partial charge < -0.3 is 21.1 Å². The Morgan fingerprint density at radius 2 is 2.26 bits per heavy atom. The molecule has 0 aromatic carbocycles. The number of H-pyrrole nitrogens is 1. The number of aromatic amines is 1. The molecule has 2 aromatic heterocycles. The monoisotopic (exact) mass is 406 g/mol. The maximum atomic E-state index is 12.4. The van der Waals surface area contributed by atoms with Gasteiger partial charge >= 0.3 is 5.97 Å². The first-order chi connectivity index (χ1) is 12.9. The van der Waals surface area contributed by atoms with Crippen LogP contribution < -0.4 is 11.1 Å². The topological polar surface area (TPSA) is 154 Å². The first-order valence-electron chi connectivity index (χ1n) is 7.83. The number of hydrogen-bond donors (Lipinski definition) is 4. The second kappa shape index (κ2) is 6.46. The lowest BCUT2D eigenvalue weighted by Gasteiger charge is -2.49. The number of carbonyl (C=O) groups is 3. The van der Waals surface area contributed by atoms with E-state index in [1.54, 1.807) is 12.3 Å². The summed E-state index contributed by atoms with van der Waals surface area (Å²) in [5.41, 5.74) is 6.36. The third kappa shape index (κ3) is 2.90. The Hall–Kier alpha value is -2.73.